The van der Waals surface area contributed by atoms with Crippen molar-refractivity contribution in [3.63, 3.8) is 0 Å². The van der Waals surface area contributed by atoms with Gasteiger partial charge >= 0.3 is 0 Å². The van der Waals surface area contributed by atoms with E-state index in [2.05, 4.69) is 35.9 Å². The van der Waals surface area contributed by atoms with Crippen LogP contribution >= 0.6 is 0 Å². The first-order valence-corrected chi connectivity index (χ1v) is 6.34. The van der Waals surface area contributed by atoms with Gasteiger partial charge in [0.25, 0.3) is 0 Å². The van der Waals surface area contributed by atoms with Crippen LogP contribution in [0.3, 0.4) is 0 Å². The van der Waals surface area contributed by atoms with Crippen molar-refractivity contribution in [3.05, 3.63) is 36.0 Å². The normalized spacial score (nSPS) is 14.1. The van der Waals surface area contributed by atoms with E-state index in [1.54, 1.807) is 0 Å². The lowest BCUT2D eigenvalue weighted by Gasteiger charge is -2.30. The van der Waals surface area contributed by atoms with Crippen LogP contribution in [-0.4, -0.2) is 23.3 Å². The Morgan fingerprint density at radius 1 is 1.33 bits per heavy atom. The van der Waals surface area contributed by atoms with E-state index in [-0.39, 0.29) is 5.41 Å². The zero-order valence-electron chi connectivity index (χ0n) is 11.6. The van der Waals surface area contributed by atoms with Gasteiger partial charge < -0.3 is 15.0 Å². The van der Waals surface area contributed by atoms with E-state index in [0.29, 0.717) is 0 Å². The molecule has 1 atom stereocenters. The molecule has 1 aromatic heterocycles. The number of hydrogen-bond acceptors (Lipinski definition) is 2. The van der Waals surface area contributed by atoms with Crippen LogP contribution in [0, 0.1) is 5.41 Å². The zero-order valence-corrected chi connectivity index (χ0v) is 11.6. The van der Waals surface area contributed by atoms with Crippen molar-refractivity contribution in [1.82, 2.24) is 9.88 Å². The molecule has 1 heterocycles. The standard InChI is InChI=1S/C15H22N2O/c1-15(2,10-16-3)14(18)12-9-17(4)13-8-6-5-7-11(12)13/h5-9,14,16,18H,10H2,1-4H3. The van der Waals surface area contributed by atoms with Crippen molar-refractivity contribution in [2.75, 3.05) is 13.6 Å². The summed E-state index contributed by atoms with van der Waals surface area (Å²) in [5.41, 5.74) is 1.97. The van der Waals surface area contributed by atoms with E-state index < -0.39 is 6.10 Å². The van der Waals surface area contributed by atoms with Crippen molar-refractivity contribution >= 4 is 10.9 Å². The van der Waals surface area contributed by atoms with Gasteiger partial charge in [-0.2, -0.15) is 0 Å². The predicted molar refractivity (Wildman–Crippen MR) is 75.6 cm³/mol. The summed E-state index contributed by atoms with van der Waals surface area (Å²) in [6.07, 6.45) is 1.56. The largest absolute Gasteiger partial charge is 0.388 e. The van der Waals surface area contributed by atoms with Gasteiger partial charge in [-0.1, -0.05) is 32.0 Å². The number of nitrogens with one attached hydrogen (secondary N) is 1. The van der Waals surface area contributed by atoms with Gasteiger partial charge in [-0.05, 0) is 13.1 Å². The number of fused-ring (bicyclic) bond motifs is 1. The molecule has 3 heteroatoms. The van der Waals surface area contributed by atoms with Crippen LogP contribution in [0.4, 0.5) is 0 Å². The van der Waals surface area contributed by atoms with Gasteiger partial charge in [-0.3, -0.25) is 0 Å². The van der Waals surface area contributed by atoms with E-state index in [1.807, 2.05) is 32.4 Å². The van der Waals surface area contributed by atoms with Crippen molar-refractivity contribution in [1.29, 1.82) is 0 Å². The molecule has 0 aliphatic carbocycles. The van der Waals surface area contributed by atoms with Crippen LogP contribution in [0.1, 0.15) is 25.5 Å². The Balaban J connectivity index is 2.48. The average Bonchev–Trinajstić information content (AvgIpc) is 2.66. The molecule has 2 N–H and O–H groups in total. The maximum atomic E-state index is 10.6. The molecule has 0 fully saturated rings. The lowest BCUT2D eigenvalue weighted by atomic mass is 9.82. The molecule has 3 nitrogen and oxygen atoms in total. The van der Waals surface area contributed by atoms with E-state index >= 15 is 0 Å². The zero-order chi connectivity index (χ0) is 13.3. The fraction of sp³-hybridized carbons (Fsp3) is 0.467. The smallest absolute Gasteiger partial charge is 0.0873 e. The summed E-state index contributed by atoms with van der Waals surface area (Å²) < 4.78 is 2.07. The molecule has 1 aromatic carbocycles. The van der Waals surface area contributed by atoms with Crippen molar-refractivity contribution in [2.24, 2.45) is 12.5 Å². The molecule has 0 aliphatic rings. The first kappa shape index (κ1) is 13.1. The predicted octanol–water partition coefficient (Wildman–Crippen LogP) is 2.46. The lowest BCUT2D eigenvalue weighted by molar-refractivity contribution is 0.0517. The van der Waals surface area contributed by atoms with Gasteiger partial charge in [-0.25, -0.2) is 0 Å². The first-order valence-electron chi connectivity index (χ1n) is 6.34. The molecule has 0 amide bonds. The third-order valence-electron chi connectivity index (χ3n) is 3.59. The summed E-state index contributed by atoms with van der Waals surface area (Å²) in [6.45, 7) is 4.93. The number of aryl methyl sites for hydroxylation is 1. The second-order valence-corrected chi connectivity index (χ2v) is 5.63. The molecule has 98 valence electrons. The number of rotatable bonds is 4. The highest BCUT2D eigenvalue weighted by Crippen LogP contribution is 2.36. The van der Waals surface area contributed by atoms with Crippen LogP contribution in [-0.2, 0) is 7.05 Å². The fourth-order valence-electron chi connectivity index (χ4n) is 2.56. The highest BCUT2D eigenvalue weighted by Gasteiger charge is 2.30. The van der Waals surface area contributed by atoms with Crippen LogP contribution in [0.25, 0.3) is 10.9 Å². The topological polar surface area (TPSA) is 37.2 Å². The highest BCUT2D eigenvalue weighted by atomic mass is 16.3. The third-order valence-corrected chi connectivity index (χ3v) is 3.59. The molecule has 0 aliphatic heterocycles. The van der Waals surface area contributed by atoms with Crippen LogP contribution < -0.4 is 5.32 Å². The van der Waals surface area contributed by atoms with Gasteiger partial charge in [0, 0.05) is 41.7 Å². The number of hydrogen-bond donors (Lipinski definition) is 2. The van der Waals surface area contributed by atoms with Gasteiger partial charge in [0.1, 0.15) is 0 Å². The summed E-state index contributed by atoms with van der Waals surface area (Å²) in [4.78, 5) is 0. The van der Waals surface area contributed by atoms with Crippen LogP contribution in [0.2, 0.25) is 0 Å². The summed E-state index contributed by atoms with van der Waals surface area (Å²) in [5.74, 6) is 0. The van der Waals surface area contributed by atoms with E-state index in [9.17, 15) is 5.11 Å². The Hall–Kier alpha value is -1.32. The Bertz CT molecular complexity index is 542. The van der Waals surface area contributed by atoms with Crippen LogP contribution in [0.5, 0.6) is 0 Å². The second kappa shape index (κ2) is 4.75. The summed E-state index contributed by atoms with van der Waals surface area (Å²) in [5, 5.41) is 14.9. The Kier molecular flexibility index (Phi) is 3.46. The van der Waals surface area contributed by atoms with Gasteiger partial charge in [0.15, 0.2) is 0 Å². The van der Waals surface area contributed by atoms with Gasteiger partial charge in [0.2, 0.25) is 0 Å². The molecule has 0 saturated heterocycles. The molecule has 0 spiro atoms. The van der Waals surface area contributed by atoms with E-state index in [0.717, 1.165) is 23.0 Å². The second-order valence-electron chi connectivity index (χ2n) is 5.63. The Labute approximate surface area is 108 Å². The maximum absolute atomic E-state index is 10.6. The molecule has 0 radical (unpaired) electrons. The van der Waals surface area contributed by atoms with Gasteiger partial charge in [0.05, 0.1) is 6.10 Å². The molecular weight excluding hydrogens is 224 g/mol. The fourth-order valence-corrected chi connectivity index (χ4v) is 2.56. The average molecular weight is 246 g/mol. The Morgan fingerprint density at radius 2 is 2.00 bits per heavy atom. The number of nitrogens with zero attached hydrogens (tertiary/aromatic N) is 1. The monoisotopic (exact) mass is 246 g/mol. The van der Waals surface area contributed by atoms with Gasteiger partial charge in [-0.15, -0.1) is 0 Å². The minimum absolute atomic E-state index is 0.196. The minimum Gasteiger partial charge on any atom is -0.388 e. The molecule has 0 saturated carbocycles. The first-order chi connectivity index (χ1) is 8.47. The minimum atomic E-state index is -0.476. The molecular formula is C15H22N2O. The van der Waals surface area contributed by atoms with Crippen molar-refractivity contribution < 1.29 is 5.11 Å². The lowest BCUT2D eigenvalue weighted by Crippen LogP contribution is -2.32. The molecule has 2 rings (SSSR count). The van der Waals surface area contributed by atoms with Crippen molar-refractivity contribution in [2.45, 2.75) is 20.0 Å². The number of aliphatic hydroxyl groups excluding tert-OH is 1. The third kappa shape index (κ3) is 2.16. The molecule has 0 bridgehead atoms. The van der Waals surface area contributed by atoms with E-state index in [1.165, 1.54) is 0 Å². The Morgan fingerprint density at radius 3 is 2.67 bits per heavy atom. The maximum Gasteiger partial charge on any atom is 0.0873 e. The number of para-hydroxylation sites is 1. The SMILES string of the molecule is CNCC(C)(C)C(O)c1cn(C)c2ccccc12. The quantitative estimate of drug-likeness (QED) is 0.869. The highest BCUT2D eigenvalue weighted by molar-refractivity contribution is 5.84. The van der Waals surface area contributed by atoms with Crippen molar-refractivity contribution in [3.8, 4) is 0 Å². The van der Waals surface area contributed by atoms with Crippen LogP contribution in [0.15, 0.2) is 30.5 Å². The van der Waals surface area contributed by atoms with E-state index in [4.69, 9.17) is 0 Å². The molecule has 18 heavy (non-hydrogen) atoms. The summed E-state index contributed by atoms with van der Waals surface area (Å²) >= 11 is 0. The summed E-state index contributed by atoms with van der Waals surface area (Å²) in [6, 6.07) is 8.20. The number of benzene rings is 1. The summed E-state index contributed by atoms with van der Waals surface area (Å²) in [7, 11) is 3.93. The number of aromatic nitrogens is 1. The molecule has 1 unspecified atom stereocenters. The number of aliphatic hydroxyl groups is 1. The molecule has 2 aromatic rings.